The largest absolute Gasteiger partial charge is 0.480 e. The van der Waals surface area contributed by atoms with Crippen molar-refractivity contribution >= 4 is 23.5 Å². The smallest absolute Gasteiger partial charge is 0.329 e. The number of nitrogens with one attached hydrogen (secondary N) is 1. The fourth-order valence-corrected chi connectivity index (χ4v) is 1.97. The van der Waals surface area contributed by atoms with E-state index in [0.29, 0.717) is 12.8 Å². The summed E-state index contributed by atoms with van der Waals surface area (Å²) < 4.78 is 0. The highest BCUT2D eigenvalue weighted by Gasteiger charge is 2.45. The van der Waals surface area contributed by atoms with Gasteiger partial charge in [0.15, 0.2) is 0 Å². The fraction of sp³-hybridized carbons (Fsp3) is 0.364. The molecule has 90 valence electrons. The van der Waals surface area contributed by atoms with Crippen molar-refractivity contribution in [1.29, 1.82) is 0 Å². The van der Waals surface area contributed by atoms with Crippen LogP contribution in [0.3, 0.4) is 0 Å². The van der Waals surface area contributed by atoms with Gasteiger partial charge >= 0.3 is 5.97 Å². The predicted octanol–water partition coefficient (Wildman–Crippen LogP) is 1.47. The van der Waals surface area contributed by atoms with Crippen LogP contribution in [0.15, 0.2) is 18.3 Å². The van der Waals surface area contributed by atoms with Crippen molar-refractivity contribution in [2.24, 2.45) is 0 Å². The first-order valence-electron chi connectivity index (χ1n) is 5.22. The molecule has 0 atom stereocenters. The van der Waals surface area contributed by atoms with Crippen LogP contribution in [0.2, 0.25) is 5.15 Å². The van der Waals surface area contributed by atoms with Crippen molar-refractivity contribution in [3.63, 3.8) is 0 Å². The Balaban J connectivity index is 2.17. The van der Waals surface area contributed by atoms with E-state index >= 15 is 0 Å². The Morgan fingerprint density at radius 2 is 2.18 bits per heavy atom. The van der Waals surface area contributed by atoms with Gasteiger partial charge in [0.05, 0.1) is 5.56 Å². The van der Waals surface area contributed by atoms with Crippen molar-refractivity contribution in [3.05, 3.63) is 29.0 Å². The number of carboxylic acids is 1. The van der Waals surface area contributed by atoms with E-state index in [2.05, 4.69) is 10.3 Å². The standard InChI is InChI=1S/C11H11ClN2O3/c12-8-7(3-1-6-13-8)9(15)14-11(10(16)17)4-2-5-11/h1,3,6H,2,4-5H2,(H,14,15)(H,16,17). The third-order valence-electron chi connectivity index (χ3n) is 2.97. The molecule has 17 heavy (non-hydrogen) atoms. The van der Waals surface area contributed by atoms with E-state index in [-0.39, 0.29) is 10.7 Å². The number of aromatic nitrogens is 1. The molecule has 1 heterocycles. The van der Waals surface area contributed by atoms with Crippen molar-refractivity contribution < 1.29 is 14.7 Å². The van der Waals surface area contributed by atoms with Gasteiger partial charge < -0.3 is 10.4 Å². The number of carbonyl (C=O) groups is 2. The maximum Gasteiger partial charge on any atom is 0.329 e. The van der Waals surface area contributed by atoms with Gasteiger partial charge in [0, 0.05) is 6.20 Å². The Morgan fingerprint density at radius 3 is 2.65 bits per heavy atom. The van der Waals surface area contributed by atoms with Crippen molar-refractivity contribution in [2.45, 2.75) is 24.8 Å². The number of aliphatic carboxylic acids is 1. The lowest BCUT2D eigenvalue weighted by Crippen LogP contribution is -2.59. The van der Waals surface area contributed by atoms with Gasteiger partial charge in [0.2, 0.25) is 0 Å². The molecule has 0 bridgehead atoms. The minimum absolute atomic E-state index is 0.0739. The van der Waals surface area contributed by atoms with E-state index < -0.39 is 17.4 Å². The molecule has 2 rings (SSSR count). The number of hydrogen-bond acceptors (Lipinski definition) is 3. The number of halogens is 1. The zero-order chi connectivity index (χ0) is 12.5. The first-order chi connectivity index (χ1) is 8.05. The summed E-state index contributed by atoms with van der Waals surface area (Å²) in [5.41, 5.74) is -0.933. The van der Waals surface area contributed by atoms with Gasteiger partial charge in [-0.15, -0.1) is 0 Å². The fourth-order valence-electron chi connectivity index (χ4n) is 1.76. The number of rotatable bonds is 3. The summed E-state index contributed by atoms with van der Waals surface area (Å²) in [5.74, 6) is -1.50. The number of amides is 1. The molecular weight excluding hydrogens is 244 g/mol. The van der Waals surface area contributed by atoms with Gasteiger partial charge in [0.25, 0.3) is 5.91 Å². The average molecular weight is 255 g/mol. The third kappa shape index (κ3) is 2.10. The van der Waals surface area contributed by atoms with Gasteiger partial charge in [-0.05, 0) is 31.4 Å². The summed E-state index contributed by atoms with van der Waals surface area (Å²) in [7, 11) is 0. The molecule has 1 aliphatic carbocycles. The number of carboxylic acid groups (broad SMARTS) is 1. The first-order valence-corrected chi connectivity index (χ1v) is 5.59. The summed E-state index contributed by atoms with van der Waals surface area (Å²) >= 11 is 5.77. The quantitative estimate of drug-likeness (QED) is 0.801. The number of nitrogens with zero attached hydrogens (tertiary/aromatic N) is 1. The topological polar surface area (TPSA) is 79.3 Å². The molecule has 6 heteroatoms. The molecule has 1 aliphatic rings. The van der Waals surface area contributed by atoms with Crippen LogP contribution in [0.1, 0.15) is 29.6 Å². The van der Waals surface area contributed by atoms with Crippen molar-refractivity contribution in [1.82, 2.24) is 10.3 Å². The average Bonchev–Trinajstić information content (AvgIpc) is 2.23. The molecule has 1 saturated carbocycles. The van der Waals surface area contributed by atoms with Crippen LogP contribution in [-0.2, 0) is 4.79 Å². The Kier molecular flexibility index (Phi) is 3.02. The second kappa shape index (κ2) is 4.33. The van der Waals surface area contributed by atoms with Crippen LogP contribution >= 0.6 is 11.6 Å². The Hall–Kier alpha value is -1.62. The predicted molar refractivity (Wildman–Crippen MR) is 60.9 cm³/mol. The van der Waals surface area contributed by atoms with Gasteiger partial charge in [-0.25, -0.2) is 9.78 Å². The summed E-state index contributed by atoms with van der Waals surface area (Å²) in [5, 5.41) is 11.7. The van der Waals surface area contributed by atoms with E-state index in [1.54, 1.807) is 6.07 Å². The zero-order valence-corrected chi connectivity index (χ0v) is 9.70. The SMILES string of the molecule is O=C(NC1(C(=O)O)CCC1)c1cccnc1Cl. The minimum Gasteiger partial charge on any atom is -0.480 e. The van der Waals surface area contributed by atoms with Gasteiger partial charge in [-0.1, -0.05) is 11.6 Å². The molecule has 0 aromatic carbocycles. The van der Waals surface area contributed by atoms with E-state index in [1.165, 1.54) is 12.3 Å². The molecule has 5 nitrogen and oxygen atoms in total. The van der Waals surface area contributed by atoms with Gasteiger partial charge in [-0.3, -0.25) is 4.79 Å². The maximum atomic E-state index is 11.9. The molecule has 0 spiro atoms. The maximum absolute atomic E-state index is 11.9. The normalized spacial score (nSPS) is 17.0. The molecule has 1 amide bonds. The Bertz CT molecular complexity index is 472. The minimum atomic E-state index is -1.13. The summed E-state index contributed by atoms with van der Waals surface area (Å²) in [6.07, 6.45) is 3.17. The van der Waals surface area contributed by atoms with Gasteiger partial charge in [0.1, 0.15) is 10.7 Å². The lowest BCUT2D eigenvalue weighted by molar-refractivity contribution is -0.148. The molecule has 0 radical (unpaired) electrons. The molecule has 0 saturated heterocycles. The molecule has 1 fully saturated rings. The number of carbonyl (C=O) groups excluding carboxylic acids is 1. The van der Waals surface area contributed by atoms with Crippen molar-refractivity contribution in [3.8, 4) is 0 Å². The van der Waals surface area contributed by atoms with Crippen LogP contribution < -0.4 is 5.32 Å². The van der Waals surface area contributed by atoms with Crippen LogP contribution in [0.4, 0.5) is 0 Å². The lowest BCUT2D eigenvalue weighted by atomic mass is 9.76. The molecule has 2 N–H and O–H groups in total. The second-order valence-corrected chi connectivity index (χ2v) is 4.39. The van der Waals surface area contributed by atoms with E-state index in [9.17, 15) is 9.59 Å². The lowest BCUT2D eigenvalue weighted by Gasteiger charge is -2.38. The molecular formula is C11H11ClN2O3. The van der Waals surface area contributed by atoms with Crippen molar-refractivity contribution in [2.75, 3.05) is 0 Å². The van der Waals surface area contributed by atoms with E-state index in [1.807, 2.05) is 0 Å². The molecule has 1 aromatic heterocycles. The first kappa shape index (κ1) is 11.9. The molecule has 0 unspecified atom stereocenters. The highest BCUT2D eigenvalue weighted by Crippen LogP contribution is 2.32. The van der Waals surface area contributed by atoms with Crippen LogP contribution in [-0.4, -0.2) is 27.5 Å². The van der Waals surface area contributed by atoms with Gasteiger partial charge in [-0.2, -0.15) is 0 Å². The third-order valence-corrected chi connectivity index (χ3v) is 3.27. The summed E-state index contributed by atoms with van der Waals surface area (Å²) in [6, 6.07) is 3.09. The second-order valence-electron chi connectivity index (χ2n) is 4.04. The monoisotopic (exact) mass is 254 g/mol. The van der Waals surface area contributed by atoms with Crippen LogP contribution in [0, 0.1) is 0 Å². The number of pyridine rings is 1. The van der Waals surface area contributed by atoms with E-state index in [4.69, 9.17) is 16.7 Å². The zero-order valence-electron chi connectivity index (χ0n) is 8.94. The Labute approximate surface area is 103 Å². The van der Waals surface area contributed by atoms with Crippen LogP contribution in [0.25, 0.3) is 0 Å². The summed E-state index contributed by atoms with van der Waals surface area (Å²) in [6.45, 7) is 0. The summed E-state index contributed by atoms with van der Waals surface area (Å²) in [4.78, 5) is 26.7. The van der Waals surface area contributed by atoms with E-state index in [0.717, 1.165) is 6.42 Å². The Morgan fingerprint density at radius 1 is 1.47 bits per heavy atom. The highest BCUT2D eigenvalue weighted by atomic mass is 35.5. The number of hydrogen-bond donors (Lipinski definition) is 2. The molecule has 0 aliphatic heterocycles. The van der Waals surface area contributed by atoms with Crippen LogP contribution in [0.5, 0.6) is 0 Å². The molecule has 1 aromatic rings. The highest BCUT2D eigenvalue weighted by molar-refractivity contribution is 6.32.